The van der Waals surface area contributed by atoms with Gasteiger partial charge in [-0.05, 0) is 67.4 Å². The maximum absolute atomic E-state index is 11.7. The molecule has 0 spiro atoms. The molecule has 1 aliphatic heterocycles. The zero-order chi connectivity index (χ0) is 24.2. The molecule has 3 rings (SSSR count). The number of carbonyl (C=O) groups excluding carboxylic acids is 1. The van der Waals surface area contributed by atoms with Crippen LogP contribution in [0.15, 0.2) is 51.0 Å². The average Bonchev–Trinajstić information content (AvgIpc) is 2.72. The number of carbonyl (C=O) groups is 1. The van der Waals surface area contributed by atoms with E-state index in [4.69, 9.17) is 14.2 Å². The first-order valence-corrected chi connectivity index (χ1v) is 11.8. The molecule has 2 aromatic carbocycles. The first-order valence-electron chi connectivity index (χ1n) is 10.2. The number of alkyl carbamates (subject to hydrolysis) is 1. The van der Waals surface area contributed by atoms with E-state index >= 15 is 0 Å². The fraction of sp³-hybridized carbons (Fsp3) is 0.348. The van der Waals surface area contributed by atoms with Crippen LogP contribution in [0.5, 0.6) is 11.5 Å². The maximum Gasteiger partial charge on any atom is 0.407 e. The number of nitrogens with zero attached hydrogens (tertiary/aromatic N) is 1. The number of amides is 1. The van der Waals surface area contributed by atoms with Crippen LogP contribution in [-0.4, -0.2) is 29.8 Å². The molecule has 1 heterocycles. The summed E-state index contributed by atoms with van der Waals surface area (Å²) in [5.74, 6) is 1.04. The van der Waals surface area contributed by atoms with E-state index in [9.17, 15) is 14.9 Å². The quantitative estimate of drug-likeness (QED) is 0.235. The van der Waals surface area contributed by atoms with E-state index in [1.807, 2.05) is 12.1 Å². The molecule has 2 aromatic rings. The highest BCUT2D eigenvalue weighted by Gasteiger charge is 2.34. The van der Waals surface area contributed by atoms with Gasteiger partial charge in [-0.1, -0.05) is 28.1 Å². The molecule has 0 aromatic heterocycles. The van der Waals surface area contributed by atoms with Crippen LogP contribution in [0.1, 0.15) is 44.4 Å². The maximum atomic E-state index is 11.7. The summed E-state index contributed by atoms with van der Waals surface area (Å²) >= 11 is 6.86. The van der Waals surface area contributed by atoms with E-state index in [0.29, 0.717) is 46.7 Å². The van der Waals surface area contributed by atoms with E-state index in [0.717, 1.165) is 4.47 Å². The monoisotopic (exact) mass is 582 g/mol. The Labute approximate surface area is 208 Å². The smallest absolute Gasteiger partial charge is 0.407 e. The second-order valence-corrected chi connectivity index (χ2v) is 10.1. The number of nitro groups is 1. The Bertz CT molecular complexity index is 1060. The molecular weight excluding hydrogens is 560 g/mol. The molecule has 0 saturated heterocycles. The Hall–Kier alpha value is -2.59. The molecule has 0 fully saturated rings. The van der Waals surface area contributed by atoms with Crippen LogP contribution in [0.2, 0.25) is 0 Å². The highest BCUT2D eigenvalue weighted by molar-refractivity contribution is 9.10. The van der Waals surface area contributed by atoms with E-state index in [1.165, 1.54) is 6.08 Å². The summed E-state index contributed by atoms with van der Waals surface area (Å²) < 4.78 is 18.5. The number of ether oxygens (including phenoxy) is 3. The van der Waals surface area contributed by atoms with Crippen molar-refractivity contribution in [2.75, 3.05) is 13.2 Å². The molecule has 176 valence electrons. The van der Waals surface area contributed by atoms with Crippen LogP contribution in [0.3, 0.4) is 0 Å². The minimum Gasteiger partial charge on any atom is -0.493 e. The summed E-state index contributed by atoms with van der Waals surface area (Å²) in [7, 11) is 0. The normalized spacial score (nSPS) is 15.1. The van der Waals surface area contributed by atoms with Gasteiger partial charge < -0.3 is 19.5 Å². The van der Waals surface area contributed by atoms with Crippen LogP contribution in [0.25, 0.3) is 6.08 Å². The van der Waals surface area contributed by atoms with Gasteiger partial charge in [-0.25, -0.2) is 4.79 Å². The third-order valence-corrected chi connectivity index (χ3v) is 5.61. The van der Waals surface area contributed by atoms with Crippen LogP contribution >= 0.6 is 31.9 Å². The summed E-state index contributed by atoms with van der Waals surface area (Å²) in [4.78, 5) is 23.0. The van der Waals surface area contributed by atoms with Gasteiger partial charge in [-0.3, -0.25) is 10.1 Å². The second kappa shape index (κ2) is 10.6. The molecule has 0 bridgehead atoms. The van der Waals surface area contributed by atoms with Gasteiger partial charge in [0.1, 0.15) is 17.1 Å². The van der Waals surface area contributed by atoms with E-state index in [1.54, 1.807) is 45.0 Å². The van der Waals surface area contributed by atoms with Crippen molar-refractivity contribution >= 4 is 44.0 Å². The Morgan fingerprint density at radius 1 is 1.21 bits per heavy atom. The highest BCUT2D eigenvalue weighted by Crippen LogP contribution is 2.43. The summed E-state index contributed by atoms with van der Waals surface area (Å²) in [6, 6.07) is 10.7. The average molecular weight is 584 g/mol. The molecular formula is C23H24Br2N2O6. The van der Waals surface area contributed by atoms with Crippen molar-refractivity contribution in [3.63, 3.8) is 0 Å². The fourth-order valence-electron chi connectivity index (χ4n) is 3.11. The summed E-state index contributed by atoms with van der Waals surface area (Å²) in [5, 5.41) is 14.4. The van der Waals surface area contributed by atoms with Gasteiger partial charge in [0.2, 0.25) is 6.10 Å². The molecule has 1 unspecified atom stereocenters. The molecule has 0 saturated carbocycles. The van der Waals surface area contributed by atoms with Crippen LogP contribution < -0.4 is 14.8 Å². The Balaban J connectivity index is 1.67. The molecule has 33 heavy (non-hydrogen) atoms. The van der Waals surface area contributed by atoms with Crippen molar-refractivity contribution in [1.29, 1.82) is 0 Å². The molecule has 1 atom stereocenters. The molecule has 10 heteroatoms. The van der Waals surface area contributed by atoms with Crippen LogP contribution in [0.4, 0.5) is 4.79 Å². The second-order valence-electron chi connectivity index (χ2n) is 8.33. The molecule has 1 amide bonds. The van der Waals surface area contributed by atoms with Gasteiger partial charge in [0, 0.05) is 28.2 Å². The van der Waals surface area contributed by atoms with Crippen molar-refractivity contribution in [2.45, 2.75) is 38.9 Å². The lowest BCUT2D eigenvalue weighted by molar-refractivity contribution is -0.434. The molecule has 8 nitrogen and oxygen atoms in total. The number of halogens is 2. The van der Waals surface area contributed by atoms with Crippen molar-refractivity contribution in [3.8, 4) is 11.5 Å². The van der Waals surface area contributed by atoms with Crippen LogP contribution in [0, 0.1) is 10.1 Å². The topological polar surface area (TPSA) is 99.9 Å². The lowest BCUT2D eigenvalue weighted by atomic mass is 10.0. The van der Waals surface area contributed by atoms with Crippen molar-refractivity contribution in [2.24, 2.45) is 0 Å². The molecule has 0 aliphatic carbocycles. The third kappa shape index (κ3) is 6.94. The van der Waals surface area contributed by atoms with Gasteiger partial charge in [0.15, 0.2) is 0 Å². The van der Waals surface area contributed by atoms with Gasteiger partial charge >= 0.3 is 6.09 Å². The Morgan fingerprint density at radius 3 is 2.55 bits per heavy atom. The molecule has 1 N–H and O–H groups in total. The summed E-state index contributed by atoms with van der Waals surface area (Å²) in [6.45, 7) is 6.13. The predicted octanol–water partition coefficient (Wildman–Crippen LogP) is 6.26. The lowest BCUT2D eigenvalue weighted by Gasteiger charge is -2.24. The zero-order valence-electron chi connectivity index (χ0n) is 18.4. The largest absolute Gasteiger partial charge is 0.493 e. The number of hydrogen-bond donors (Lipinski definition) is 1. The van der Waals surface area contributed by atoms with Gasteiger partial charge in [-0.15, -0.1) is 0 Å². The Kier molecular flexibility index (Phi) is 8.01. The number of rotatable bonds is 7. The SMILES string of the molecule is CC(C)(C)OC(=O)NCCCOc1cc(Br)c2c(c1)C=C([N+](=O)[O-])C(c1ccc(Br)cc1)O2. The fourth-order valence-corrected chi connectivity index (χ4v) is 3.92. The first-order chi connectivity index (χ1) is 15.5. The molecule has 0 radical (unpaired) electrons. The number of fused-ring (bicyclic) bond motifs is 1. The summed E-state index contributed by atoms with van der Waals surface area (Å²) in [6.07, 6.45) is 0.760. The van der Waals surface area contributed by atoms with Crippen molar-refractivity contribution in [3.05, 3.63) is 72.3 Å². The van der Waals surface area contributed by atoms with Gasteiger partial charge in [0.05, 0.1) is 16.0 Å². The Morgan fingerprint density at radius 2 is 1.91 bits per heavy atom. The molecule has 1 aliphatic rings. The van der Waals surface area contributed by atoms with E-state index in [-0.39, 0.29) is 5.70 Å². The van der Waals surface area contributed by atoms with E-state index in [2.05, 4.69) is 37.2 Å². The van der Waals surface area contributed by atoms with Crippen LogP contribution in [-0.2, 0) is 4.74 Å². The third-order valence-electron chi connectivity index (χ3n) is 4.50. The number of benzene rings is 2. The minimum absolute atomic E-state index is 0.0598. The highest BCUT2D eigenvalue weighted by atomic mass is 79.9. The zero-order valence-corrected chi connectivity index (χ0v) is 21.6. The van der Waals surface area contributed by atoms with E-state index < -0.39 is 22.7 Å². The van der Waals surface area contributed by atoms with Crippen molar-refractivity contribution in [1.82, 2.24) is 5.32 Å². The standard InChI is InChI=1S/C23H24Br2N2O6/c1-23(2,3)33-22(28)26-9-4-10-31-17-11-15-12-19(27(29)30)21(32-20(15)18(25)13-17)14-5-7-16(24)8-6-14/h5-8,11-13,21H,4,9-10H2,1-3H3,(H,26,28). The number of hydrogen-bond acceptors (Lipinski definition) is 6. The number of nitrogens with one attached hydrogen (secondary N) is 1. The van der Waals surface area contributed by atoms with Crippen molar-refractivity contribution < 1.29 is 23.9 Å². The minimum atomic E-state index is -0.831. The summed E-state index contributed by atoms with van der Waals surface area (Å²) in [5.41, 5.74) is 0.614. The first kappa shape index (κ1) is 25.0. The van der Waals surface area contributed by atoms with Gasteiger partial charge in [-0.2, -0.15) is 0 Å². The lowest BCUT2D eigenvalue weighted by Crippen LogP contribution is -2.33. The predicted molar refractivity (Wildman–Crippen MR) is 131 cm³/mol. The van der Waals surface area contributed by atoms with Gasteiger partial charge in [0.25, 0.3) is 5.70 Å².